The first-order valence-corrected chi connectivity index (χ1v) is 10.3. The SMILES string of the molecule is COCC(C)n1c(C)cc(/C=C(\C#N)C(=O)Nc2ccc(N3CCOCC3)cn2)c1C. The molecule has 1 aliphatic heterocycles. The van der Waals surface area contributed by atoms with Crippen molar-refractivity contribution in [2.45, 2.75) is 26.8 Å². The van der Waals surface area contributed by atoms with Gasteiger partial charge in [-0.15, -0.1) is 0 Å². The topological polar surface area (TPSA) is 92.4 Å². The molecule has 0 spiro atoms. The molecule has 1 fully saturated rings. The monoisotopic (exact) mass is 423 g/mol. The van der Waals surface area contributed by atoms with Crippen LogP contribution < -0.4 is 10.2 Å². The van der Waals surface area contributed by atoms with Gasteiger partial charge in [0.15, 0.2) is 0 Å². The van der Waals surface area contributed by atoms with Gasteiger partial charge in [-0.25, -0.2) is 4.98 Å². The first kappa shape index (κ1) is 22.5. The minimum atomic E-state index is -0.483. The van der Waals surface area contributed by atoms with Gasteiger partial charge in [0.1, 0.15) is 17.5 Å². The van der Waals surface area contributed by atoms with Crippen molar-refractivity contribution in [1.82, 2.24) is 9.55 Å². The smallest absolute Gasteiger partial charge is 0.267 e. The molecule has 3 heterocycles. The fourth-order valence-electron chi connectivity index (χ4n) is 3.90. The van der Waals surface area contributed by atoms with Gasteiger partial charge in [-0.1, -0.05) is 0 Å². The maximum absolute atomic E-state index is 12.7. The van der Waals surface area contributed by atoms with Crippen LogP contribution in [0.4, 0.5) is 11.5 Å². The first-order valence-electron chi connectivity index (χ1n) is 10.3. The lowest BCUT2D eigenvalue weighted by atomic mass is 10.1. The average Bonchev–Trinajstić information content (AvgIpc) is 3.06. The Hall–Kier alpha value is -3.15. The molecule has 0 aromatic carbocycles. The highest BCUT2D eigenvalue weighted by molar-refractivity contribution is 6.09. The second-order valence-electron chi connectivity index (χ2n) is 7.63. The van der Waals surface area contributed by atoms with Gasteiger partial charge in [-0.2, -0.15) is 5.26 Å². The summed E-state index contributed by atoms with van der Waals surface area (Å²) in [7, 11) is 1.67. The third-order valence-electron chi connectivity index (χ3n) is 5.40. The number of hydrogen-bond acceptors (Lipinski definition) is 6. The number of aryl methyl sites for hydroxylation is 1. The fraction of sp³-hybridized carbons (Fsp3) is 0.435. The number of nitrogens with one attached hydrogen (secondary N) is 1. The quantitative estimate of drug-likeness (QED) is 0.543. The van der Waals surface area contributed by atoms with Crippen molar-refractivity contribution >= 4 is 23.5 Å². The zero-order chi connectivity index (χ0) is 22.4. The number of carbonyl (C=O) groups is 1. The molecule has 0 saturated carbocycles. The van der Waals surface area contributed by atoms with Gasteiger partial charge >= 0.3 is 0 Å². The van der Waals surface area contributed by atoms with Crippen LogP contribution in [0.15, 0.2) is 30.0 Å². The van der Waals surface area contributed by atoms with Gasteiger partial charge in [-0.3, -0.25) is 4.79 Å². The average molecular weight is 424 g/mol. The summed E-state index contributed by atoms with van der Waals surface area (Å²) >= 11 is 0. The summed E-state index contributed by atoms with van der Waals surface area (Å²) in [6.07, 6.45) is 3.34. The minimum Gasteiger partial charge on any atom is -0.383 e. The minimum absolute atomic E-state index is 0.0266. The lowest BCUT2D eigenvalue weighted by Gasteiger charge is -2.28. The number of anilines is 2. The van der Waals surface area contributed by atoms with E-state index in [4.69, 9.17) is 9.47 Å². The van der Waals surface area contributed by atoms with Crippen LogP contribution in [0.5, 0.6) is 0 Å². The molecule has 0 bridgehead atoms. The maximum Gasteiger partial charge on any atom is 0.267 e. The van der Waals surface area contributed by atoms with E-state index in [-0.39, 0.29) is 11.6 Å². The number of morpholine rings is 1. The number of methoxy groups -OCH3 is 1. The molecule has 1 unspecified atom stereocenters. The van der Waals surface area contributed by atoms with E-state index in [0.29, 0.717) is 25.6 Å². The Balaban J connectivity index is 1.74. The third-order valence-corrected chi connectivity index (χ3v) is 5.40. The van der Waals surface area contributed by atoms with Gasteiger partial charge in [0.05, 0.1) is 37.7 Å². The Bertz CT molecular complexity index is 982. The molecule has 164 valence electrons. The largest absolute Gasteiger partial charge is 0.383 e. The van der Waals surface area contributed by atoms with E-state index >= 15 is 0 Å². The normalized spacial score (nSPS) is 15.5. The van der Waals surface area contributed by atoms with Crippen LogP contribution in [0.2, 0.25) is 0 Å². The van der Waals surface area contributed by atoms with Crippen LogP contribution in [-0.4, -0.2) is 55.5 Å². The number of ether oxygens (including phenoxy) is 2. The van der Waals surface area contributed by atoms with Crippen molar-refractivity contribution in [3.8, 4) is 6.07 Å². The Morgan fingerprint density at radius 2 is 2.13 bits per heavy atom. The Labute approximate surface area is 183 Å². The van der Waals surface area contributed by atoms with E-state index in [2.05, 4.69) is 26.7 Å². The van der Waals surface area contributed by atoms with Crippen LogP contribution in [0, 0.1) is 25.2 Å². The molecule has 3 rings (SSSR count). The number of nitriles is 1. The highest BCUT2D eigenvalue weighted by Crippen LogP contribution is 2.23. The molecule has 1 N–H and O–H groups in total. The van der Waals surface area contributed by atoms with E-state index in [9.17, 15) is 10.1 Å². The molecule has 0 aliphatic carbocycles. The van der Waals surface area contributed by atoms with Crippen molar-refractivity contribution in [1.29, 1.82) is 5.26 Å². The van der Waals surface area contributed by atoms with Crippen molar-refractivity contribution in [3.63, 3.8) is 0 Å². The van der Waals surface area contributed by atoms with E-state index < -0.39 is 5.91 Å². The molecule has 1 amide bonds. The van der Waals surface area contributed by atoms with Crippen molar-refractivity contribution in [3.05, 3.63) is 46.9 Å². The van der Waals surface area contributed by atoms with Crippen LogP contribution in [0.3, 0.4) is 0 Å². The molecule has 8 heteroatoms. The molecule has 0 radical (unpaired) electrons. The zero-order valence-electron chi connectivity index (χ0n) is 18.5. The van der Waals surface area contributed by atoms with Crippen LogP contribution in [-0.2, 0) is 14.3 Å². The fourth-order valence-corrected chi connectivity index (χ4v) is 3.90. The van der Waals surface area contributed by atoms with Crippen molar-refractivity contribution in [2.75, 3.05) is 50.2 Å². The van der Waals surface area contributed by atoms with Gasteiger partial charge in [0.2, 0.25) is 0 Å². The number of pyridine rings is 1. The highest BCUT2D eigenvalue weighted by atomic mass is 16.5. The lowest BCUT2D eigenvalue weighted by molar-refractivity contribution is -0.112. The van der Waals surface area contributed by atoms with E-state index in [1.54, 1.807) is 25.4 Å². The summed E-state index contributed by atoms with van der Waals surface area (Å²) < 4.78 is 12.8. The van der Waals surface area contributed by atoms with Gasteiger partial charge in [0, 0.05) is 31.6 Å². The summed E-state index contributed by atoms with van der Waals surface area (Å²) in [6.45, 7) is 9.65. The van der Waals surface area contributed by atoms with E-state index in [1.807, 2.05) is 32.0 Å². The lowest BCUT2D eigenvalue weighted by Crippen LogP contribution is -2.36. The molecule has 31 heavy (non-hydrogen) atoms. The van der Waals surface area contributed by atoms with Crippen molar-refractivity contribution < 1.29 is 14.3 Å². The predicted molar refractivity (Wildman–Crippen MR) is 120 cm³/mol. The second kappa shape index (κ2) is 10.2. The number of carbonyl (C=O) groups excluding carboxylic acids is 1. The Morgan fingerprint density at radius 1 is 1.39 bits per heavy atom. The summed E-state index contributed by atoms with van der Waals surface area (Å²) in [5, 5.41) is 12.3. The summed E-state index contributed by atoms with van der Waals surface area (Å²) in [5.41, 5.74) is 3.87. The molecule has 1 aliphatic rings. The summed E-state index contributed by atoms with van der Waals surface area (Å²) in [5.74, 6) is -0.0776. The van der Waals surface area contributed by atoms with Crippen molar-refractivity contribution in [2.24, 2.45) is 0 Å². The molecule has 2 aromatic rings. The number of nitrogens with zero attached hydrogens (tertiary/aromatic N) is 4. The molecule has 2 aromatic heterocycles. The highest BCUT2D eigenvalue weighted by Gasteiger charge is 2.17. The van der Waals surface area contributed by atoms with Crippen LogP contribution >= 0.6 is 0 Å². The number of amides is 1. The van der Waals surface area contributed by atoms with Gasteiger partial charge in [0.25, 0.3) is 5.91 Å². The first-order chi connectivity index (χ1) is 14.9. The number of rotatable bonds is 7. The molecular weight excluding hydrogens is 394 g/mol. The Kier molecular flexibility index (Phi) is 7.45. The second-order valence-corrected chi connectivity index (χ2v) is 7.63. The third kappa shape index (κ3) is 5.32. The number of hydrogen-bond donors (Lipinski definition) is 1. The molecule has 1 saturated heterocycles. The van der Waals surface area contributed by atoms with Crippen LogP contribution in [0.25, 0.3) is 6.08 Å². The standard InChI is InChI=1S/C23H29N5O3/c1-16-11-19(18(3)28(16)17(2)15-30-4)12-20(13-24)23(29)26-22-6-5-21(14-25-22)27-7-9-31-10-8-27/h5-6,11-12,14,17H,7-10,15H2,1-4H3,(H,25,26,29)/b20-12+. The van der Waals surface area contributed by atoms with Crippen LogP contribution in [0.1, 0.15) is 29.9 Å². The summed E-state index contributed by atoms with van der Waals surface area (Å²) in [4.78, 5) is 19.2. The van der Waals surface area contributed by atoms with E-state index in [0.717, 1.165) is 35.7 Å². The van der Waals surface area contributed by atoms with E-state index in [1.165, 1.54) is 0 Å². The zero-order valence-corrected chi connectivity index (χ0v) is 18.5. The Morgan fingerprint density at radius 3 is 2.74 bits per heavy atom. The molecule has 1 atom stereocenters. The van der Waals surface area contributed by atoms with Gasteiger partial charge < -0.3 is 24.3 Å². The number of aromatic nitrogens is 2. The summed E-state index contributed by atoms with van der Waals surface area (Å²) in [6, 6.07) is 7.79. The predicted octanol–water partition coefficient (Wildman–Crippen LogP) is 3.09. The maximum atomic E-state index is 12.7. The molecule has 8 nitrogen and oxygen atoms in total. The molecular formula is C23H29N5O3. The van der Waals surface area contributed by atoms with Gasteiger partial charge in [-0.05, 0) is 50.6 Å².